The van der Waals surface area contributed by atoms with Gasteiger partial charge in [-0.05, 0) is 55.9 Å². The maximum absolute atomic E-state index is 10.3. The number of aryl methyl sites for hydroxylation is 1. The van der Waals surface area contributed by atoms with E-state index in [2.05, 4.69) is 43.3 Å². The fourth-order valence-corrected chi connectivity index (χ4v) is 2.23. The first-order chi connectivity index (χ1) is 10.6. The van der Waals surface area contributed by atoms with Crippen LogP contribution in [0, 0.1) is 6.92 Å². The van der Waals surface area contributed by atoms with Gasteiger partial charge in [0.2, 0.25) is 0 Å². The summed E-state index contributed by atoms with van der Waals surface area (Å²) in [4.78, 5) is 10.3. The number of ether oxygens (including phenoxy) is 1. The van der Waals surface area contributed by atoms with Gasteiger partial charge >= 0.3 is 29.6 Å². The van der Waals surface area contributed by atoms with E-state index in [-0.39, 0.29) is 36.0 Å². The first-order valence-electron chi connectivity index (χ1n) is 7.65. The summed E-state index contributed by atoms with van der Waals surface area (Å²) in [7, 11) is 0. The molecule has 0 aliphatic rings. The number of carboxylic acids is 1. The molecule has 2 aromatic rings. The Morgan fingerprint density at radius 2 is 1.48 bits per heavy atom. The molecule has 0 saturated carbocycles. The summed E-state index contributed by atoms with van der Waals surface area (Å²) < 4.78 is 5.66. The molecule has 0 heterocycles. The second kappa shape index (κ2) is 10.5. The minimum atomic E-state index is -0.979. The molecule has 0 saturated heterocycles. The topological polar surface area (TPSA) is 49.4 Å². The van der Waals surface area contributed by atoms with Crippen LogP contribution in [0.15, 0.2) is 48.5 Å². The Labute approximate surface area is 160 Å². The number of unbranched alkanes of at least 4 members (excludes halogenated alkanes) is 2. The van der Waals surface area contributed by atoms with Gasteiger partial charge in [-0.15, -0.1) is 0 Å². The largest absolute Gasteiger partial charge is 1.00 e. The van der Waals surface area contributed by atoms with Gasteiger partial charge in [0.25, 0.3) is 0 Å². The number of aliphatic carboxylic acids is 1. The molecule has 0 aliphatic heterocycles. The Bertz CT molecular complexity index is 591. The summed E-state index contributed by atoms with van der Waals surface area (Å²) in [5.41, 5.74) is 3.61. The average Bonchev–Trinajstić information content (AvgIpc) is 2.52. The van der Waals surface area contributed by atoms with E-state index in [9.17, 15) is 9.90 Å². The molecular weight excluding hydrogens is 299 g/mol. The van der Waals surface area contributed by atoms with Crippen molar-refractivity contribution in [3.05, 3.63) is 54.1 Å². The van der Waals surface area contributed by atoms with Gasteiger partial charge in [0.05, 0.1) is 6.61 Å². The molecule has 0 spiro atoms. The molecule has 4 heteroatoms. The molecular formula is C19H21NaO3. The van der Waals surface area contributed by atoms with Crippen molar-refractivity contribution < 1.29 is 44.2 Å². The SMILES string of the molecule is Cc1ccc(-c2ccc(OCCCCCC(=O)[O-])cc2)cc1.[Na+]. The smallest absolute Gasteiger partial charge is 0.550 e. The van der Waals surface area contributed by atoms with Crippen molar-refractivity contribution in [2.45, 2.75) is 32.6 Å². The first kappa shape index (κ1) is 19.8. The van der Waals surface area contributed by atoms with Crippen LogP contribution in [0.3, 0.4) is 0 Å². The monoisotopic (exact) mass is 320 g/mol. The Morgan fingerprint density at radius 3 is 2.04 bits per heavy atom. The summed E-state index contributed by atoms with van der Waals surface area (Å²) in [5.74, 6) is -0.136. The zero-order chi connectivity index (χ0) is 15.8. The van der Waals surface area contributed by atoms with Gasteiger partial charge in [0.1, 0.15) is 5.75 Å². The Kier molecular flexibility index (Phi) is 9.00. The number of carbonyl (C=O) groups is 1. The molecule has 23 heavy (non-hydrogen) atoms. The van der Waals surface area contributed by atoms with Crippen LogP contribution in [0.25, 0.3) is 11.1 Å². The van der Waals surface area contributed by atoms with Gasteiger partial charge in [-0.3, -0.25) is 0 Å². The number of hydrogen-bond donors (Lipinski definition) is 0. The third-order valence-electron chi connectivity index (χ3n) is 3.53. The van der Waals surface area contributed by atoms with E-state index in [0.29, 0.717) is 13.0 Å². The molecule has 116 valence electrons. The van der Waals surface area contributed by atoms with Crippen molar-refractivity contribution in [2.75, 3.05) is 6.61 Å². The minimum absolute atomic E-state index is 0. The molecule has 0 atom stereocenters. The van der Waals surface area contributed by atoms with E-state index in [1.54, 1.807) is 0 Å². The predicted molar refractivity (Wildman–Crippen MR) is 85.6 cm³/mol. The Hall–Kier alpha value is -1.29. The minimum Gasteiger partial charge on any atom is -0.550 e. The second-order valence-corrected chi connectivity index (χ2v) is 5.42. The molecule has 0 bridgehead atoms. The zero-order valence-corrected chi connectivity index (χ0v) is 15.9. The van der Waals surface area contributed by atoms with Crippen molar-refractivity contribution in [3.63, 3.8) is 0 Å². The molecule has 0 amide bonds. The molecule has 2 aromatic carbocycles. The molecule has 0 N–H and O–H groups in total. The van der Waals surface area contributed by atoms with Crippen molar-refractivity contribution in [3.8, 4) is 16.9 Å². The van der Waals surface area contributed by atoms with Crippen LogP contribution in [0.1, 0.15) is 31.2 Å². The molecule has 0 aliphatic carbocycles. The van der Waals surface area contributed by atoms with Crippen LogP contribution in [-0.2, 0) is 4.79 Å². The maximum atomic E-state index is 10.3. The van der Waals surface area contributed by atoms with Crippen molar-refractivity contribution >= 4 is 5.97 Å². The van der Waals surface area contributed by atoms with Crippen LogP contribution in [-0.4, -0.2) is 12.6 Å². The van der Waals surface area contributed by atoms with E-state index in [1.807, 2.05) is 12.1 Å². The molecule has 3 nitrogen and oxygen atoms in total. The van der Waals surface area contributed by atoms with Crippen molar-refractivity contribution in [2.24, 2.45) is 0 Å². The summed E-state index contributed by atoms with van der Waals surface area (Å²) in [6.45, 7) is 2.69. The van der Waals surface area contributed by atoms with E-state index in [4.69, 9.17) is 4.74 Å². The Balaban J connectivity index is 0.00000264. The van der Waals surface area contributed by atoms with Gasteiger partial charge in [0.15, 0.2) is 0 Å². The van der Waals surface area contributed by atoms with E-state index < -0.39 is 5.97 Å². The van der Waals surface area contributed by atoms with Crippen molar-refractivity contribution in [1.29, 1.82) is 0 Å². The number of benzene rings is 2. The number of rotatable bonds is 8. The second-order valence-electron chi connectivity index (χ2n) is 5.42. The normalized spacial score (nSPS) is 9.96. The van der Waals surface area contributed by atoms with E-state index in [0.717, 1.165) is 18.6 Å². The predicted octanol–water partition coefficient (Wildman–Crippen LogP) is 0.355. The molecule has 0 fully saturated rings. The zero-order valence-electron chi connectivity index (χ0n) is 13.9. The van der Waals surface area contributed by atoms with Crippen LogP contribution in [0.4, 0.5) is 0 Å². The van der Waals surface area contributed by atoms with E-state index in [1.165, 1.54) is 16.7 Å². The van der Waals surface area contributed by atoms with Crippen LogP contribution >= 0.6 is 0 Å². The van der Waals surface area contributed by atoms with Gasteiger partial charge in [-0.2, -0.15) is 0 Å². The van der Waals surface area contributed by atoms with Crippen molar-refractivity contribution in [1.82, 2.24) is 0 Å². The third kappa shape index (κ3) is 7.21. The number of hydrogen-bond acceptors (Lipinski definition) is 3. The summed E-state index contributed by atoms with van der Waals surface area (Å²) in [6, 6.07) is 16.5. The van der Waals surface area contributed by atoms with E-state index >= 15 is 0 Å². The third-order valence-corrected chi connectivity index (χ3v) is 3.53. The summed E-state index contributed by atoms with van der Waals surface area (Å²) in [6.07, 6.45) is 2.48. The molecule has 0 unspecified atom stereocenters. The molecule has 0 radical (unpaired) electrons. The fraction of sp³-hybridized carbons (Fsp3) is 0.316. The number of carboxylic acid groups (broad SMARTS) is 1. The van der Waals surface area contributed by atoms with Gasteiger partial charge in [-0.25, -0.2) is 0 Å². The van der Waals surface area contributed by atoms with Gasteiger partial charge in [0, 0.05) is 5.97 Å². The number of carbonyl (C=O) groups excluding carboxylic acids is 1. The van der Waals surface area contributed by atoms with Gasteiger partial charge < -0.3 is 14.6 Å². The van der Waals surface area contributed by atoms with Gasteiger partial charge in [-0.1, -0.05) is 42.0 Å². The standard InChI is InChI=1S/C19H22O3.Na/c1-15-6-8-16(9-7-15)17-10-12-18(13-11-17)22-14-4-2-3-5-19(20)21;/h6-13H,2-5,14H2,1H3,(H,20,21);/q;+1/p-1. The van der Waals surface area contributed by atoms with Crippen LogP contribution < -0.4 is 39.4 Å². The first-order valence-corrected chi connectivity index (χ1v) is 7.65. The quantitative estimate of drug-likeness (QED) is 0.521. The maximum Gasteiger partial charge on any atom is 1.00 e. The molecule has 0 aromatic heterocycles. The Morgan fingerprint density at radius 1 is 0.913 bits per heavy atom. The fourth-order valence-electron chi connectivity index (χ4n) is 2.23. The summed E-state index contributed by atoms with van der Waals surface area (Å²) in [5, 5.41) is 10.3. The van der Waals surface area contributed by atoms with Crippen LogP contribution in [0.2, 0.25) is 0 Å². The summed E-state index contributed by atoms with van der Waals surface area (Å²) >= 11 is 0. The van der Waals surface area contributed by atoms with Crippen LogP contribution in [0.5, 0.6) is 5.75 Å². The average molecular weight is 320 g/mol. The molecule has 2 rings (SSSR count).